The second-order valence-electron chi connectivity index (χ2n) is 12.0. The van der Waals surface area contributed by atoms with Gasteiger partial charge in [-0.25, -0.2) is 8.42 Å². The van der Waals surface area contributed by atoms with Gasteiger partial charge in [-0.15, -0.1) is 0 Å². The van der Waals surface area contributed by atoms with Crippen LogP contribution in [0.15, 0.2) is 114 Å². The Morgan fingerprint density at radius 3 is 2.07 bits per heavy atom. The molecule has 4 aromatic rings. The van der Waals surface area contributed by atoms with Gasteiger partial charge in [-0.2, -0.15) is 0 Å². The molecule has 8 heteroatoms. The molecule has 0 heterocycles. The lowest BCUT2D eigenvalue weighted by atomic mass is 10.0. The fourth-order valence-corrected chi connectivity index (χ4v) is 7.57. The van der Waals surface area contributed by atoms with Crippen molar-refractivity contribution in [2.24, 2.45) is 0 Å². The zero-order valence-corrected chi connectivity index (χ0v) is 27.5. The molecule has 1 aliphatic rings. The van der Waals surface area contributed by atoms with Gasteiger partial charge in [-0.05, 0) is 61.1 Å². The number of aryl methyl sites for hydroxylation is 2. The van der Waals surface area contributed by atoms with Crippen LogP contribution in [0.1, 0.15) is 54.9 Å². The Hall–Kier alpha value is -4.43. The summed E-state index contributed by atoms with van der Waals surface area (Å²) in [5, 5.41) is 3.22. The van der Waals surface area contributed by atoms with Gasteiger partial charge in [0.25, 0.3) is 10.0 Å². The van der Waals surface area contributed by atoms with Crippen molar-refractivity contribution in [1.82, 2.24) is 10.2 Å². The third-order valence-corrected chi connectivity index (χ3v) is 10.5. The molecule has 46 heavy (non-hydrogen) atoms. The maximum atomic E-state index is 14.7. The number of benzene rings is 4. The molecule has 1 fully saturated rings. The smallest absolute Gasteiger partial charge is 0.264 e. The normalized spacial score (nSPS) is 14.0. The van der Waals surface area contributed by atoms with Crippen molar-refractivity contribution in [2.45, 2.75) is 75.9 Å². The standard InChI is InChI=1S/C38H43N3O4S/c1-3-32-16-10-13-21-35(32)41(46(44,45)34-19-8-5-9-20-34)28-37(42)40(27-31-24-22-29(2)23-25-31)36(26-30-14-6-4-7-15-30)38(43)39-33-17-11-12-18-33/h4-10,13-16,19-25,33,36H,3,11-12,17-18,26-28H2,1-2H3,(H,39,43)/t36-/m1/s1. The van der Waals surface area contributed by atoms with E-state index in [1.807, 2.05) is 80.6 Å². The van der Waals surface area contributed by atoms with Gasteiger partial charge >= 0.3 is 0 Å². The molecule has 1 N–H and O–H groups in total. The van der Waals surface area contributed by atoms with Gasteiger partial charge < -0.3 is 10.2 Å². The zero-order chi connectivity index (χ0) is 32.5. The Kier molecular flexibility index (Phi) is 10.9. The Bertz CT molecular complexity index is 1700. The lowest BCUT2D eigenvalue weighted by molar-refractivity contribution is -0.140. The van der Waals surface area contributed by atoms with E-state index in [0.29, 0.717) is 18.5 Å². The molecule has 0 bridgehead atoms. The summed E-state index contributed by atoms with van der Waals surface area (Å²) in [5.41, 5.74) is 4.11. The Labute approximate surface area is 273 Å². The highest BCUT2D eigenvalue weighted by molar-refractivity contribution is 7.92. The molecule has 0 spiro atoms. The molecule has 1 saturated carbocycles. The molecular formula is C38H43N3O4S. The van der Waals surface area contributed by atoms with Crippen LogP contribution in [0, 0.1) is 6.92 Å². The van der Waals surface area contributed by atoms with Gasteiger partial charge in [0.05, 0.1) is 10.6 Å². The molecule has 4 aromatic carbocycles. The number of sulfonamides is 1. The second-order valence-corrected chi connectivity index (χ2v) is 13.9. The van der Waals surface area contributed by atoms with E-state index in [0.717, 1.165) is 47.9 Å². The molecule has 7 nitrogen and oxygen atoms in total. The summed E-state index contributed by atoms with van der Waals surface area (Å²) in [6, 6.07) is 32.2. The van der Waals surface area contributed by atoms with Crippen LogP contribution in [0.4, 0.5) is 5.69 Å². The topological polar surface area (TPSA) is 86.8 Å². The summed E-state index contributed by atoms with van der Waals surface area (Å²) in [7, 11) is -4.13. The summed E-state index contributed by atoms with van der Waals surface area (Å²) < 4.78 is 29.7. The fraction of sp³-hybridized carbons (Fsp3) is 0.316. The highest BCUT2D eigenvalue weighted by Gasteiger charge is 2.36. The number of carbonyl (C=O) groups is 2. The van der Waals surface area contributed by atoms with E-state index in [4.69, 9.17) is 0 Å². The van der Waals surface area contributed by atoms with Crippen LogP contribution in [-0.2, 0) is 39.0 Å². The largest absolute Gasteiger partial charge is 0.352 e. The molecule has 1 aliphatic carbocycles. The van der Waals surface area contributed by atoms with E-state index in [1.165, 1.54) is 4.31 Å². The maximum absolute atomic E-state index is 14.7. The first-order valence-electron chi connectivity index (χ1n) is 16.1. The summed E-state index contributed by atoms with van der Waals surface area (Å²) in [6.07, 6.45) is 4.82. The minimum atomic E-state index is -4.13. The number of amides is 2. The van der Waals surface area contributed by atoms with Gasteiger partial charge in [0.2, 0.25) is 11.8 Å². The lowest BCUT2D eigenvalue weighted by Crippen LogP contribution is -2.54. The van der Waals surface area contributed by atoms with Crippen LogP contribution in [0.2, 0.25) is 0 Å². The van der Waals surface area contributed by atoms with E-state index in [-0.39, 0.29) is 23.4 Å². The van der Waals surface area contributed by atoms with Crippen LogP contribution in [-0.4, -0.2) is 43.8 Å². The maximum Gasteiger partial charge on any atom is 0.264 e. The van der Waals surface area contributed by atoms with E-state index in [9.17, 15) is 18.0 Å². The van der Waals surface area contributed by atoms with Gasteiger partial charge in [-0.3, -0.25) is 13.9 Å². The van der Waals surface area contributed by atoms with E-state index < -0.39 is 28.5 Å². The van der Waals surface area contributed by atoms with Crippen LogP contribution < -0.4 is 9.62 Å². The second kappa shape index (κ2) is 15.2. The molecular weight excluding hydrogens is 595 g/mol. The first-order valence-corrected chi connectivity index (χ1v) is 17.5. The molecule has 0 saturated heterocycles. The van der Waals surface area contributed by atoms with Crippen LogP contribution >= 0.6 is 0 Å². The highest BCUT2D eigenvalue weighted by Crippen LogP contribution is 2.29. The highest BCUT2D eigenvalue weighted by atomic mass is 32.2. The van der Waals surface area contributed by atoms with Gasteiger partial charge in [0.1, 0.15) is 12.6 Å². The lowest BCUT2D eigenvalue weighted by Gasteiger charge is -2.34. The summed E-state index contributed by atoms with van der Waals surface area (Å²) >= 11 is 0. The van der Waals surface area contributed by atoms with Crippen molar-refractivity contribution in [1.29, 1.82) is 0 Å². The van der Waals surface area contributed by atoms with E-state index in [2.05, 4.69) is 5.32 Å². The quantitative estimate of drug-likeness (QED) is 0.183. The first-order chi connectivity index (χ1) is 22.3. The van der Waals surface area contributed by atoms with Gasteiger partial charge in [0, 0.05) is 19.0 Å². The zero-order valence-electron chi connectivity index (χ0n) is 26.6. The van der Waals surface area contributed by atoms with E-state index >= 15 is 0 Å². The number of nitrogens with zero attached hydrogens (tertiary/aromatic N) is 2. The average Bonchev–Trinajstić information content (AvgIpc) is 3.59. The van der Waals surface area contributed by atoms with Crippen molar-refractivity contribution in [3.63, 3.8) is 0 Å². The monoisotopic (exact) mass is 637 g/mol. The molecule has 0 radical (unpaired) electrons. The van der Waals surface area contributed by atoms with Crippen molar-refractivity contribution in [3.05, 3.63) is 131 Å². The Morgan fingerprint density at radius 2 is 1.41 bits per heavy atom. The van der Waals surface area contributed by atoms with E-state index in [1.54, 1.807) is 47.4 Å². The van der Waals surface area contributed by atoms with Gasteiger partial charge in [0.15, 0.2) is 0 Å². The number of anilines is 1. The van der Waals surface area contributed by atoms with Crippen molar-refractivity contribution < 1.29 is 18.0 Å². The number of hydrogen-bond acceptors (Lipinski definition) is 4. The van der Waals surface area contributed by atoms with Gasteiger partial charge in [-0.1, -0.05) is 116 Å². The molecule has 0 unspecified atom stereocenters. The summed E-state index contributed by atoms with van der Waals surface area (Å²) in [6.45, 7) is 3.66. The average molecular weight is 638 g/mol. The van der Waals surface area contributed by atoms with Crippen molar-refractivity contribution >= 4 is 27.5 Å². The number of hydrogen-bond donors (Lipinski definition) is 1. The third kappa shape index (κ3) is 8.04. The summed E-state index contributed by atoms with van der Waals surface area (Å²) in [5.74, 6) is -0.670. The van der Waals surface area contributed by atoms with Crippen molar-refractivity contribution in [3.8, 4) is 0 Å². The molecule has 0 aromatic heterocycles. The van der Waals surface area contributed by atoms with Crippen LogP contribution in [0.3, 0.4) is 0 Å². The fourth-order valence-electron chi connectivity index (χ4n) is 6.10. The number of nitrogens with one attached hydrogen (secondary N) is 1. The van der Waals surface area contributed by atoms with Crippen LogP contribution in [0.5, 0.6) is 0 Å². The Morgan fingerprint density at radius 1 is 0.804 bits per heavy atom. The summed E-state index contributed by atoms with van der Waals surface area (Å²) in [4.78, 5) is 30.5. The Balaban J connectivity index is 1.58. The van der Waals surface area contributed by atoms with Crippen LogP contribution in [0.25, 0.3) is 0 Å². The van der Waals surface area contributed by atoms with Crippen molar-refractivity contribution in [2.75, 3.05) is 10.8 Å². The molecule has 1 atom stereocenters. The molecule has 240 valence electrons. The predicted molar refractivity (Wildman–Crippen MR) is 183 cm³/mol. The number of para-hydroxylation sites is 1. The molecule has 5 rings (SSSR count). The minimum absolute atomic E-state index is 0.0634. The molecule has 0 aliphatic heterocycles. The molecule has 2 amide bonds. The number of carbonyl (C=O) groups excluding carboxylic acids is 2. The SMILES string of the molecule is CCc1ccccc1N(CC(=O)N(Cc1ccc(C)cc1)[C@H](Cc1ccccc1)C(=O)NC1CCCC1)S(=O)(=O)c1ccccc1. The number of rotatable bonds is 13. The predicted octanol–water partition coefficient (Wildman–Crippen LogP) is 6.45. The third-order valence-electron chi connectivity index (χ3n) is 8.70. The minimum Gasteiger partial charge on any atom is -0.352 e. The first kappa shape index (κ1) is 32.9.